The van der Waals surface area contributed by atoms with E-state index >= 15 is 0 Å². The first kappa shape index (κ1) is 13.6. The molecule has 102 valence electrons. The van der Waals surface area contributed by atoms with E-state index in [1.807, 2.05) is 25.1 Å². The van der Waals surface area contributed by atoms with Gasteiger partial charge in [0, 0.05) is 14.5 Å². The number of benzene rings is 2. The number of para-hydroxylation sites is 1. The summed E-state index contributed by atoms with van der Waals surface area (Å²) < 4.78 is 20.1. The molecule has 0 amide bonds. The summed E-state index contributed by atoms with van der Waals surface area (Å²) in [6, 6.07) is 12.1. The number of rotatable bonds is 2. The monoisotopic (exact) mass is 382 g/mol. The van der Waals surface area contributed by atoms with Gasteiger partial charge in [0.1, 0.15) is 11.9 Å². The zero-order valence-electron chi connectivity index (χ0n) is 10.7. The predicted molar refractivity (Wildman–Crippen MR) is 84.1 cm³/mol. The van der Waals surface area contributed by atoms with Crippen molar-refractivity contribution in [3.63, 3.8) is 0 Å². The van der Waals surface area contributed by atoms with Crippen LogP contribution in [0, 0.1) is 16.3 Å². The van der Waals surface area contributed by atoms with E-state index in [1.54, 1.807) is 18.2 Å². The minimum Gasteiger partial charge on any atom is -0.455 e. The second-order valence-electron chi connectivity index (χ2n) is 4.69. The average molecular weight is 382 g/mol. The number of aliphatic hydroxyl groups excluding tert-OH is 1. The SMILES string of the molecule is Cc1cccc(C(O)c2cc3cccc(F)c3o2)c1I. The smallest absolute Gasteiger partial charge is 0.170 e. The van der Waals surface area contributed by atoms with Crippen molar-refractivity contribution < 1.29 is 13.9 Å². The van der Waals surface area contributed by atoms with Gasteiger partial charge in [-0.3, -0.25) is 0 Å². The Morgan fingerprint density at radius 2 is 1.95 bits per heavy atom. The van der Waals surface area contributed by atoms with Crippen molar-refractivity contribution in [1.82, 2.24) is 0 Å². The van der Waals surface area contributed by atoms with Crippen LogP contribution in [0.25, 0.3) is 11.0 Å². The maximum absolute atomic E-state index is 13.6. The summed E-state index contributed by atoms with van der Waals surface area (Å²) in [5.41, 5.74) is 2.04. The molecule has 0 saturated heterocycles. The molecular weight excluding hydrogens is 370 g/mol. The van der Waals surface area contributed by atoms with Crippen LogP contribution in [-0.2, 0) is 0 Å². The van der Waals surface area contributed by atoms with Gasteiger partial charge in [0.25, 0.3) is 0 Å². The zero-order chi connectivity index (χ0) is 14.3. The van der Waals surface area contributed by atoms with Crippen LogP contribution >= 0.6 is 22.6 Å². The molecular formula is C16H12FIO2. The highest BCUT2D eigenvalue weighted by molar-refractivity contribution is 14.1. The van der Waals surface area contributed by atoms with Crippen molar-refractivity contribution in [2.45, 2.75) is 13.0 Å². The maximum atomic E-state index is 13.6. The van der Waals surface area contributed by atoms with Gasteiger partial charge in [0.15, 0.2) is 11.4 Å². The third-order valence-electron chi connectivity index (χ3n) is 3.30. The minimum absolute atomic E-state index is 0.184. The molecule has 0 aliphatic rings. The molecule has 0 aliphatic carbocycles. The summed E-state index contributed by atoms with van der Waals surface area (Å²) in [7, 11) is 0. The van der Waals surface area contributed by atoms with Gasteiger partial charge in [-0.15, -0.1) is 0 Å². The fraction of sp³-hybridized carbons (Fsp3) is 0.125. The molecule has 3 aromatic rings. The van der Waals surface area contributed by atoms with Crippen LogP contribution in [-0.4, -0.2) is 5.11 Å². The molecule has 2 aromatic carbocycles. The van der Waals surface area contributed by atoms with Crippen LogP contribution in [0.15, 0.2) is 46.9 Å². The fourth-order valence-corrected chi connectivity index (χ4v) is 2.87. The number of hydrogen-bond donors (Lipinski definition) is 1. The van der Waals surface area contributed by atoms with Crippen LogP contribution in [0.2, 0.25) is 0 Å². The van der Waals surface area contributed by atoms with Crippen molar-refractivity contribution in [2.24, 2.45) is 0 Å². The third-order valence-corrected chi connectivity index (χ3v) is 4.77. The van der Waals surface area contributed by atoms with Gasteiger partial charge in [-0.1, -0.05) is 30.3 Å². The Morgan fingerprint density at radius 1 is 1.20 bits per heavy atom. The molecule has 0 spiro atoms. The second kappa shape index (κ2) is 5.18. The third kappa shape index (κ3) is 2.23. The number of halogens is 2. The van der Waals surface area contributed by atoms with Crippen LogP contribution < -0.4 is 0 Å². The van der Waals surface area contributed by atoms with Crippen LogP contribution in [0.1, 0.15) is 23.0 Å². The lowest BCUT2D eigenvalue weighted by Crippen LogP contribution is -2.01. The number of hydrogen-bond acceptors (Lipinski definition) is 2. The molecule has 4 heteroatoms. The van der Waals surface area contributed by atoms with Gasteiger partial charge in [0.05, 0.1) is 0 Å². The molecule has 3 rings (SSSR count). The second-order valence-corrected chi connectivity index (χ2v) is 5.77. The highest BCUT2D eigenvalue weighted by Gasteiger charge is 2.19. The first-order valence-electron chi connectivity index (χ1n) is 6.19. The summed E-state index contributed by atoms with van der Waals surface area (Å²) in [5.74, 6) is -0.0616. The van der Waals surface area contributed by atoms with E-state index in [1.165, 1.54) is 6.07 Å². The number of fused-ring (bicyclic) bond motifs is 1. The lowest BCUT2D eigenvalue weighted by Gasteiger charge is -2.11. The van der Waals surface area contributed by atoms with Crippen LogP contribution in [0.3, 0.4) is 0 Å². The standard InChI is InChI=1S/C16H12FIO2/c1-9-4-2-6-11(14(9)18)15(19)13-8-10-5-3-7-12(17)16(10)20-13/h2-8,15,19H,1H3. The first-order chi connectivity index (χ1) is 9.58. The lowest BCUT2D eigenvalue weighted by atomic mass is 10.0. The Morgan fingerprint density at radius 3 is 2.70 bits per heavy atom. The molecule has 0 fully saturated rings. The average Bonchev–Trinajstić information content (AvgIpc) is 2.87. The van der Waals surface area contributed by atoms with Crippen molar-refractivity contribution >= 4 is 33.6 Å². The van der Waals surface area contributed by atoms with Gasteiger partial charge in [-0.05, 0) is 47.2 Å². The van der Waals surface area contributed by atoms with Crippen molar-refractivity contribution in [3.05, 3.63) is 68.7 Å². The first-order valence-corrected chi connectivity index (χ1v) is 7.27. The molecule has 1 atom stereocenters. The molecule has 0 saturated carbocycles. The fourth-order valence-electron chi connectivity index (χ4n) is 2.22. The molecule has 2 nitrogen and oxygen atoms in total. The Hall–Kier alpha value is -1.40. The molecule has 1 N–H and O–H groups in total. The summed E-state index contributed by atoms with van der Waals surface area (Å²) in [6.45, 7) is 1.98. The summed E-state index contributed by atoms with van der Waals surface area (Å²) in [4.78, 5) is 0. The van der Waals surface area contributed by atoms with E-state index in [-0.39, 0.29) is 5.58 Å². The molecule has 1 aromatic heterocycles. The van der Waals surface area contributed by atoms with E-state index in [9.17, 15) is 9.50 Å². The Kier molecular flexibility index (Phi) is 3.52. The summed E-state index contributed by atoms with van der Waals surface area (Å²) in [5, 5.41) is 11.1. The van der Waals surface area contributed by atoms with Crippen LogP contribution in [0.5, 0.6) is 0 Å². The lowest BCUT2D eigenvalue weighted by molar-refractivity contribution is 0.191. The zero-order valence-corrected chi connectivity index (χ0v) is 12.9. The van der Waals surface area contributed by atoms with Gasteiger partial charge in [-0.2, -0.15) is 0 Å². The Balaban J connectivity index is 2.10. The molecule has 1 heterocycles. The Bertz CT molecular complexity index is 779. The molecule has 1 unspecified atom stereocenters. The highest BCUT2D eigenvalue weighted by atomic mass is 127. The van der Waals surface area contributed by atoms with Gasteiger partial charge < -0.3 is 9.52 Å². The normalized spacial score (nSPS) is 12.8. The van der Waals surface area contributed by atoms with Gasteiger partial charge in [-0.25, -0.2) is 4.39 Å². The van der Waals surface area contributed by atoms with E-state index in [0.717, 1.165) is 14.7 Å². The number of furan rings is 1. The topological polar surface area (TPSA) is 33.4 Å². The van der Waals surface area contributed by atoms with Crippen LogP contribution in [0.4, 0.5) is 4.39 Å². The summed E-state index contributed by atoms with van der Waals surface area (Å²) in [6.07, 6.45) is -0.895. The largest absolute Gasteiger partial charge is 0.455 e. The molecule has 0 bridgehead atoms. The van der Waals surface area contributed by atoms with Crippen molar-refractivity contribution in [2.75, 3.05) is 0 Å². The van der Waals surface area contributed by atoms with E-state index in [0.29, 0.717) is 11.1 Å². The van der Waals surface area contributed by atoms with E-state index in [2.05, 4.69) is 22.6 Å². The quantitative estimate of drug-likeness (QED) is 0.659. The van der Waals surface area contributed by atoms with Crippen molar-refractivity contribution in [3.8, 4) is 0 Å². The number of aliphatic hydroxyl groups is 1. The van der Waals surface area contributed by atoms with E-state index in [4.69, 9.17) is 4.42 Å². The highest BCUT2D eigenvalue weighted by Crippen LogP contribution is 2.32. The predicted octanol–water partition coefficient (Wildman–Crippen LogP) is 4.57. The molecule has 0 radical (unpaired) electrons. The molecule has 20 heavy (non-hydrogen) atoms. The Labute approximate surface area is 129 Å². The summed E-state index contributed by atoms with van der Waals surface area (Å²) >= 11 is 2.20. The van der Waals surface area contributed by atoms with Gasteiger partial charge in [0.2, 0.25) is 0 Å². The van der Waals surface area contributed by atoms with Crippen molar-refractivity contribution in [1.29, 1.82) is 0 Å². The number of aryl methyl sites for hydroxylation is 1. The minimum atomic E-state index is -0.895. The van der Waals surface area contributed by atoms with Gasteiger partial charge >= 0.3 is 0 Å². The van der Waals surface area contributed by atoms with E-state index < -0.39 is 11.9 Å². The molecule has 0 aliphatic heterocycles. The maximum Gasteiger partial charge on any atom is 0.170 e.